The first-order chi connectivity index (χ1) is 10.6. The van der Waals surface area contributed by atoms with Gasteiger partial charge in [0.05, 0.1) is 18.4 Å². The van der Waals surface area contributed by atoms with E-state index in [1.54, 1.807) is 0 Å². The normalized spacial score (nSPS) is 14.1. The summed E-state index contributed by atoms with van der Waals surface area (Å²) in [6.45, 7) is 0. The zero-order valence-electron chi connectivity index (χ0n) is 12.4. The van der Waals surface area contributed by atoms with Crippen LogP contribution >= 0.6 is 11.8 Å². The highest BCUT2D eigenvalue weighted by Gasteiger charge is 2.29. The van der Waals surface area contributed by atoms with Gasteiger partial charge in [-0.25, -0.2) is 9.18 Å². The second-order valence-corrected chi connectivity index (χ2v) is 6.25. The molecule has 1 aliphatic carbocycles. The summed E-state index contributed by atoms with van der Waals surface area (Å²) in [5.41, 5.74) is 0.360. The first kappa shape index (κ1) is 15.0. The van der Waals surface area contributed by atoms with Gasteiger partial charge in [-0.2, -0.15) is 0 Å². The highest BCUT2D eigenvalue weighted by Crippen LogP contribution is 2.39. The fourth-order valence-corrected chi connectivity index (χ4v) is 3.27. The van der Waals surface area contributed by atoms with Gasteiger partial charge in [-0.05, 0) is 31.0 Å². The summed E-state index contributed by atoms with van der Waals surface area (Å²) in [5, 5.41) is 8.41. The smallest absolute Gasteiger partial charge is 0.338 e. The molecule has 116 valence electrons. The van der Waals surface area contributed by atoms with E-state index in [0.29, 0.717) is 22.1 Å². The summed E-state index contributed by atoms with van der Waals surface area (Å²) in [5.74, 6) is 2.00. The predicted octanol–water partition coefficient (Wildman–Crippen LogP) is 2.91. The van der Waals surface area contributed by atoms with Crippen molar-refractivity contribution in [2.75, 3.05) is 7.11 Å². The van der Waals surface area contributed by atoms with E-state index in [2.05, 4.69) is 10.2 Å². The molecule has 0 N–H and O–H groups in total. The Bertz CT molecular complexity index is 713. The van der Waals surface area contributed by atoms with Crippen molar-refractivity contribution in [1.82, 2.24) is 14.8 Å². The Morgan fingerprint density at radius 3 is 2.91 bits per heavy atom. The first-order valence-corrected chi connectivity index (χ1v) is 7.97. The fraction of sp³-hybridized carbons (Fsp3) is 0.400. The van der Waals surface area contributed by atoms with E-state index in [-0.39, 0.29) is 5.82 Å². The van der Waals surface area contributed by atoms with Crippen LogP contribution in [0.5, 0.6) is 0 Å². The number of aromatic nitrogens is 3. The molecule has 22 heavy (non-hydrogen) atoms. The number of rotatable bonds is 5. The van der Waals surface area contributed by atoms with Gasteiger partial charge in [0.1, 0.15) is 17.5 Å². The summed E-state index contributed by atoms with van der Waals surface area (Å²) in [6, 6.07) is 4.04. The van der Waals surface area contributed by atoms with Crippen LogP contribution in [0.1, 0.15) is 40.8 Å². The number of thioether (sulfide) groups is 1. The van der Waals surface area contributed by atoms with E-state index in [0.717, 1.165) is 24.5 Å². The van der Waals surface area contributed by atoms with Crippen molar-refractivity contribution >= 4 is 17.7 Å². The van der Waals surface area contributed by atoms with E-state index in [4.69, 9.17) is 4.74 Å². The van der Waals surface area contributed by atoms with E-state index >= 15 is 0 Å². The molecule has 2 aromatic rings. The molecule has 0 amide bonds. The van der Waals surface area contributed by atoms with Crippen LogP contribution in [0.3, 0.4) is 0 Å². The molecule has 0 unspecified atom stereocenters. The number of carbonyl (C=O) groups excluding carboxylic acids is 1. The van der Waals surface area contributed by atoms with Gasteiger partial charge in [-0.15, -0.1) is 22.0 Å². The minimum absolute atomic E-state index is 0.360. The van der Waals surface area contributed by atoms with Crippen LogP contribution < -0.4 is 0 Å². The van der Waals surface area contributed by atoms with Crippen molar-refractivity contribution in [1.29, 1.82) is 0 Å². The molecule has 1 aromatic heterocycles. The number of carbonyl (C=O) groups is 1. The molecule has 0 saturated heterocycles. The van der Waals surface area contributed by atoms with Crippen molar-refractivity contribution in [2.24, 2.45) is 7.05 Å². The maximum atomic E-state index is 13.4. The fourth-order valence-electron chi connectivity index (χ4n) is 2.23. The lowest BCUT2D eigenvalue weighted by Crippen LogP contribution is -2.04. The molecule has 3 rings (SSSR count). The standard InChI is InChI=1S/C15H16FN3O2S/c1-19-13(17-18-14(19)9-3-4-9)8-22-12-7-10(16)5-6-11(12)15(20)21-2/h5-7,9H,3-4,8H2,1-2H3. The predicted molar refractivity (Wildman–Crippen MR) is 80.3 cm³/mol. The Labute approximate surface area is 131 Å². The third-order valence-corrected chi connectivity index (χ3v) is 4.70. The van der Waals surface area contributed by atoms with Crippen LogP contribution in [0.25, 0.3) is 0 Å². The molecular weight excluding hydrogens is 305 g/mol. The topological polar surface area (TPSA) is 57.0 Å². The van der Waals surface area contributed by atoms with Crippen molar-refractivity contribution in [3.63, 3.8) is 0 Å². The zero-order valence-corrected chi connectivity index (χ0v) is 13.2. The van der Waals surface area contributed by atoms with Gasteiger partial charge in [0, 0.05) is 17.9 Å². The van der Waals surface area contributed by atoms with Gasteiger partial charge in [-0.3, -0.25) is 0 Å². The van der Waals surface area contributed by atoms with Crippen molar-refractivity contribution < 1.29 is 13.9 Å². The molecule has 0 spiro atoms. The monoisotopic (exact) mass is 321 g/mol. The molecule has 1 saturated carbocycles. The van der Waals surface area contributed by atoms with E-state index in [1.807, 2.05) is 11.6 Å². The Kier molecular flexibility index (Phi) is 4.15. The SMILES string of the molecule is COC(=O)c1ccc(F)cc1SCc1nnc(C2CC2)n1C. The molecule has 0 radical (unpaired) electrons. The largest absolute Gasteiger partial charge is 0.465 e. The third kappa shape index (κ3) is 2.99. The number of halogens is 1. The minimum atomic E-state index is -0.473. The van der Waals surface area contributed by atoms with Gasteiger partial charge in [0.25, 0.3) is 0 Å². The zero-order chi connectivity index (χ0) is 15.7. The van der Waals surface area contributed by atoms with Crippen LogP contribution in [0.2, 0.25) is 0 Å². The van der Waals surface area contributed by atoms with Gasteiger partial charge in [0.2, 0.25) is 0 Å². The molecule has 1 aromatic carbocycles. The number of nitrogens with zero attached hydrogens (tertiary/aromatic N) is 3. The molecule has 0 aliphatic heterocycles. The molecule has 1 heterocycles. The van der Waals surface area contributed by atoms with Crippen molar-refractivity contribution in [2.45, 2.75) is 29.4 Å². The molecule has 1 aliphatic rings. The van der Waals surface area contributed by atoms with Crippen LogP contribution in [0, 0.1) is 5.82 Å². The van der Waals surface area contributed by atoms with E-state index in [9.17, 15) is 9.18 Å². The Balaban J connectivity index is 1.78. The van der Waals surface area contributed by atoms with Gasteiger partial charge in [-0.1, -0.05) is 0 Å². The minimum Gasteiger partial charge on any atom is -0.465 e. The summed E-state index contributed by atoms with van der Waals surface area (Å²) >= 11 is 1.35. The maximum absolute atomic E-state index is 13.4. The molecule has 7 heteroatoms. The lowest BCUT2D eigenvalue weighted by Gasteiger charge is -2.08. The van der Waals surface area contributed by atoms with E-state index in [1.165, 1.54) is 37.1 Å². The maximum Gasteiger partial charge on any atom is 0.338 e. The summed E-state index contributed by atoms with van der Waals surface area (Å²) in [6.07, 6.45) is 2.32. The number of methoxy groups -OCH3 is 1. The summed E-state index contributed by atoms with van der Waals surface area (Å²) < 4.78 is 20.2. The number of hydrogen-bond acceptors (Lipinski definition) is 5. The van der Waals surface area contributed by atoms with Crippen LogP contribution in [-0.4, -0.2) is 27.8 Å². The average molecular weight is 321 g/mol. The molecule has 0 atom stereocenters. The third-order valence-electron chi connectivity index (χ3n) is 3.65. The number of hydrogen-bond donors (Lipinski definition) is 0. The van der Waals surface area contributed by atoms with Gasteiger partial charge in [0.15, 0.2) is 0 Å². The number of esters is 1. The quantitative estimate of drug-likeness (QED) is 0.626. The molecule has 5 nitrogen and oxygen atoms in total. The lowest BCUT2D eigenvalue weighted by atomic mass is 10.2. The Hall–Kier alpha value is -1.89. The molecule has 1 fully saturated rings. The van der Waals surface area contributed by atoms with Crippen molar-refractivity contribution in [3.8, 4) is 0 Å². The number of ether oxygens (including phenoxy) is 1. The number of benzene rings is 1. The second-order valence-electron chi connectivity index (χ2n) is 5.23. The van der Waals surface area contributed by atoms with Gasteiger partial charge < -0.3 is 9.30 Å². The van der Waals surface area contributed by atoms with Gasteiger partial charge >= 0.3 is 5.97 Å². The van der Waals surface area contributed by atoms with Crippen molar-refractivity contribution in [3.05, 3.63) is 41.2 Å². The van der Waals surface area contributed by atoms with Crippen LogP contribution in [-0.2, 0) is 17.5 Å². The highest BCUT2D eigenvalue weighted by molar-refractivity contribution is 7.98. The molecular formula is C15H16FN3O2S. The second kappa shape index (κ2) is 6.08. The highest BCUT2D eigenvalue weighted by atomic mass is 32.2. The average Bonchev–Trinajstić information content (AvgIpc) is 3.29. The van der Waals surface area contributed by atoms with E-state index < -0.39 is 5.97 Å². The molecule has 0 bridgehead atoms. The Morgan fingerprint density at radius 1 is 1.45 bits per heavy atom. The first-order valence-electron chi connectivity index (χ1n) is 6.99. The van der Waals surface area contributed by atoms with Crippen LogP contribution in [0.4, 0.5) is 4.39 Å². The summed E-state index contributed by atoms with van der Waals surface area (Å²) in [4.78, 5) is 12.3. The summed E-state index contributed by atoms with van der Waals surface area (Å²) in [7, 11) is 3.25. The Morgan fingerprint density at radius 2 is 2.23 bits per heavy atom. The van der Waals surface area contributed by atoms with Crippen LogP contribution in [0.15, 0.2) is 23.1 Å². The lowest BCUT2D eigenvalue weighted by molar-refractivity contribution is 0.0596.